The molecule has 0 amide bonds. The Morgan fingerprint density at radius 2 is 1.80 bits per heavy atom. The van der Waals surface area contributed by atoms with Crippen LogP contribution in [-0.2, 0) is 14.3 Å². The number of ether oxygens (including phenoxy) is 1. The van der Waals surface area contributed by atoms with Gasteiger partial charge in [0.1, 0.15) is 0 Å². The average molecular weight is 142 g/mol. The third kappa shape index (κ3) is 1.24. The van der Waals surface area contributed by atoms with Crippen molar-refractivity contribution in [3.63, 3.8) is 0 Å². The minimum Gasteiger partial charge on any atom is -0.366 e. The first kappa shape index (κ1) is 7.41. The predicted octanol–water partition coefficient (Wildman–Crippen LogP) is 0.324. The van der Waals surface area contributed by atoms with Gasteiger partial charge in [0.25, 0.3) is 0 Å². The van der Waals surface area contributed by atoms with Gasteiger partial charge in [-0.15, -0.1) is 0 Å². The summed E-state index contributed by atoms with van der Waals surface area (Å²) in [6.07, 6.45) is 0.917. The predicted molar refractivity (Wildman–Crippen MR) is 34.7 cm³/mol. The summed E-state index contributed by atoms with van der Waals surface area (Å²) in [7, 11) is 1.39. The molecule has 3 heteroatoms. The number of carbonyl (C=O) groups is 2. The minimum absolute atomic E-state index is 0.0706. The lowest BCUT2D eigenvalue weighted by molar-refractivity contribution is -0.143. The van der Waals surface area contributed by atoms with E-state index in [9.17, 15) is 9.59 Å². The summed E-state index contributed by atoms with van der Waals surface area (Å²) in [4.78, 5) is 21.8. The van der Waals surface area contributed by atoms with Crippen LogP contribution in [-0.4, -0.2) is 24.8 Å². The summed E-state index contributed by atoms with van der Waals surface area (Å²) in [6, 6.07) is 0. The summed E-state index contributed by atoms with van der Waals surface area (Å²) >= 11 is 0. The van der Waals surface area contributed by atoms with E-state index < -0.39 is 6.10 Å². The SMILES string of the molecule is COC1C(=O)CCCC1=O. The molecule has 0 saturated heterocycles. The number of methoxy groups -OCH3 is 1. The highest BCUT2D eigenvalue weighted by Crippen LogP contribution is 2.12. The highest BCUT2D eigenvalue weighted by Gasteiger charge is 2.29. The van der Waals surface area contributed by atoms with Gasteiger partial charge in [-0.2, -0.15) is 0 Å². The zero-order valence-electron chi connectivity index (χ0n) is 5.92. The summed E-state index contributed by atoms with van der Waals surface area (Å²) in [6.45, 7) is 0. The third-order valence-electron chi connectivity index (χ3n) is 1.67. The van der Waals surface area contributed by atoms with Crippen molar-refractivity contribution < 1.29 is 14.3 Å². The molecular formula is C7H10O3. The molecule has 0 aromatic carbocycles. The van der Waals surface area contributed by atoms with Gasteiger partial charge in [0.05, 0.1) is 0 Å². The van der Waals surface area contributed by atoms with Gasteiger partial charge >= 0.3 is 0 Å². The Kier molecular flexibility index (Phi) is 2.17. The Labute approximate surface area is 59.4 Å². The van der Waals surface area contributed by atoms with Crippen molar-refractivity contribution in [2.45, 2.75) is 25.4 Å². The lowest BCUT2D eigenvalue weighted by Crippen LogP contribution is -2.35. The molecule has 0 heterocycles. The van der Waals surface area contributed by atoms with Crippen molar-refractivity contribution in [3.05, 3.63) is 0 Å². The minimum atomic E-state index is -0.756. The number of hydrogen-bond donors (Lipinski definition) is 0. The van der Waals surface area contributed by atoms with Crippen molar-refractivity contribution in [2.24, 2.45) is 0 Å². The quantitative estimate of drug-likeness (QED) is 0.495. The van der Waals surface area contributed by atoms with E-state index in [0.29, 0.717) is 19.3 Å². The van der Waals surface area contributed by atoms with Gasteiger partial charge < -0.3 is 4.74 Å². The van der Waals surface area contributed by atoms with Crippen LogP contribution in [0.25, 0.3) is 0 Å². The molecule has 0 aromatic heterocycles. The van der Waals surface area contributed by atoms with Crippen LogP contribution in [0.15, 0.2) is 0 Å². The molecule has 0 N–H and O–H groups in total. The molecule has 1 rings (SSSR count). The summed E-state index contributed by atoms with van der Waals surface area (Å²) in [5, 5.41) is 0. The molecule has 0 spiro atoms. The Bertz CT molecular complexity index is 146. The van der Waals surface area contributed by atoms with Crippen LogP contribution in [0.2, 0.25) is 0 Å². The van der Waals surface area contributed by atoms with Crippen LogP contribution in [0.5, 0.6) is 0 Å². The topological polar surface area (TPSA) is 43.4 Å². The van der Waals surface area contributed by atoms with E-state index in [1.54, 1.807) is 0 Å². The van der Waals surface area contributed by atoms with Gasteiger partial charge in [-0.1, -0.05) is 0 Å². The third-order valence-corrected chi connectivity index (χ3v) is 1.67. The van der Waals surface area contributed by atoms with Gasteiger partial charge in [0.15, 0.2) is 17.7 Å². The maximum atomic E-state index is 10.9. The van der Waals surface area contributed by atoms with Gasteiger partial charge in [0.2, 0.25) is 0 Å². The second-order valence-electron chi connectivity index (χ2n) is 2.40. The zero-order chi connectivity index (χ0) is 7.56. The Morgan fingerprint density at radius 3 is 2.10 bits per heavy atom. The maximum absolute atomic E-state index is 10.9. The molecule has 1 saturated carbocycles. The Balaban J connectivity index is 2.62. The van der Waals surface area contributed by atoms with Gasteiger partial charge in [0, 0.05) is 20.0 Å². The highest BCUT2D eigenvalue weighted by molar-refractivity contribution is 6.07. The summed E-state index contributed by atoms with van der Waals surface area (Å²) in [5.41, 5.74) is 0. The summed E-state index contributed by atoms with van der Waals surface area (Å²) < 4.78 is 4.72. The fourth-order valence-corrected chi connectivity index (χ4v) is 1.14. The number of rotatable bonds is 1. The number of ketones is 2. The van der Waals surface area contributed by atoms with E-state index in [1.807, 2.05) is 0 Å². The van der Waals surface area contributed by atoms with E-state index in [-0.39, 0.29) is 11.6 Å². The molecule has 10 heavy (non-hydrogen) atoms. The molecule has 56 valence electrons. The fraction of sp³-hybridized carbons (Fsp3) is 0.714. The fourth-order valence-electron chi connectivity index (χ4n) is 1.14. The molecule has 0 unspecified atom stereocenters. The van der Waals surface area contributed by atoms with Gasteiger partial charge in [-0.25, -0.2) is 0 Å². The van der Waals surface area contributed by atoms with Crippen molar-refractivity contribution >= 4 is 11.6 Å². The number of carbonyl (C=O) groups excluding carboxylic acids is 2. The lowest BCUT2D eigenvalue weighted by atomic mass is 9.95. The summed E-state index contributed by atoms with van der Waals surface area (Å²) in [5.74, 6) is -0.141. The largest absolute Gasteiger partial charge is 0.366 e. The number of hydrogen-bond acceptors (Lipinski definition) is 3. The molecule has 1 aliphatic rings. The molecule has 1 fully saturated rings. The second kappa shape index (κ2) is 2.92. The second-order valence-corrected chi connectivity index (χ2v) is 2.40. The Hall–Kier alpha value is -0.700. The molecule has 0 bridgehead atoms. The first-order valence-electron chi connectivity index (χ1n) is 3.34. The first-order chi connectivity index (χ1) is 4.75. The van der Waals surface area contributed by atoms with Crippen molar-refractivity contribution in [3.8, 4) is 0 Å². The van der Waals surface area contributed by atoms with Crippen LogP contribution < -0.4 is 0 Å². The normalized spacial score (nSPS) is 21.7. The average Bonchev–Trinajstić information content (AvgIpc) is 1.88. The van der Waals surface area contributed by atoms with Crippen LogP contribution in [0.1, 0.15) is 19.3 Å². The zero-order valence-corrected chi connectivity index (χ0v) is 5.92. The highest BCUT2D eigenvalue weighted by atomic mass is 16.5. The lowest BCUT2D eigenvalue weighted by Gasteiger charge is -2.16. The van der Waals surface area contributed by atoms with Crippen LogP contribution >= 0.6 is 0 Å². The van der Waals surface area contributed by atoms with E-state index in [1.165, 1.54) is 7.11 Å². The smallest absolute Gasteiger partial charge is 0.173 e. The van der Waals surface area contributed by atoms with E-state index in [4.69, 9.17) is 4.74 Å². The Morgan fingerprint density at radius 1 is 1.30 bits per heavy atom. The van der Waals surface area contributed by atoms with Crippen LogP contribution in [0.3, 0.4) is 0 Å². The molecule has 0 radical (unpaired) electrons. The van der Waals surface area contributed by atoms with Gasteiger partial charge in [-0.3, -0.25) is 9.59 Å². The van der Waals surface area contributed by atoms with E-state index in [2.05, 4.69) is 0 Å². The van der Waals surface area contributed by atoms with Crippen molar-refractivity contribution in [1.82, 2.24) is 0 Å². The molecule has 0 aliphatic heterocycles. The first-order valence-corrected chi connectivity index (χ1v) is 3.34. The molecular weight excluding hydrogens is 132 g/mol. The van der Waals surface area contributed by atoms with E-state index in [0.717, 1.165) is 0 Å². The van der Waals surface area contributed by atoms with Crippen molar-refractivity contribution in [2.75, 3.05) is 7.11 Å². The standard InChI is InChI=1S/C7H10O3/c1-10-7-5(8)3-2-4-6(7)9/h7H,2-4H2,1H3. The van der Waals surface area contributed by atoms with E-state index >= 15 is 0 Å². The van der Waals surface area contributed by atoms with Crippen molar-refractivity contribution in [1.29, 1.82) is 0 Å². The number of Topliss-reactive ketones (excluding diaryl/α,β-unsaturated/α-hetero) is 2. The molecule has 3 nitrogen and oxygen atoms in total. The van der Waals surface area contributed by atoms with Crippen LogP contribution in [0, 0.1) is 0 Å². The molecule has 0 aromatic rings. The molecule has 0 atom stereocenters. The van der Waals surface area contributed by atoms with Gasteiger partial charge in [-0.05, 0) is 6.42 Å². The molecule has 1 aliphatic carbocycles. The monoisotopic (exact) mass is 142 g/mol. The maximum Gasteiger partial charge on any atom is 0.173 e. The van der Waals surface area contributed by atoms with Crippen LogP contribution in [0.4, 0.5) is 0 Å².